The monoisotopic (exact) mass is 403 g/mol. The van der Waals surface area contributed by atoms with Crippen molar-refractivity contribution in [2.45, 2.75) is 17.8 Å². The number of sulfone groups is 1. The van der Waals surface area contributed by atoms with Crippen LogP contribution in [-0.2, 0) is 15.6 Å². The molecule has 27 heavy (non-hydrogen) atoms. The highest BCUT2D eigenvalue weighted by Gasteiger charge is 2.47. The standard InChI is InChI=1S/C18H17N3O4S2/c22-21(23)15-8-6-13(7-9-15)10-26-18-19-16-11-27(24,25)12-17(16)20(18)14-4-2-1-3-5-14/h1-9,16-17H,10-12H2/t16-,17-/m0/s1. The van der Waals surface area contributed by atoms with Crippen LogP contribution in [0.1, 0.15) is 5.56 Å². The van der Waals surface area contributed by atoms with Crippen LogP contribution in [0, 0.1) is 10.1 Å². The van der Waals surface area contributed by atoms with E-state index in [1.807, 2.05) is 35.2 Å². The van der Waals surface area contributed by atoms with Gasteiger partial charge in [0.25, 0.3) is 5.69 Å². The second-order valence-electron chi connectivity index (χ2n) is 6.54. The largest absolute Gasteiger partial charge is 0.315 e. The molecule has 0 aromatic heterocycles. The van der Waals surface area contributed by atoms with Crippen LogP contribution in [-0.4, -0.2) is 42.1 Å². The highest BCUT2D eigenvalue weighted by molar-refractivity contribution is 8.13. The Morgan fingerprint density at radius 1 is 1.11 bits per heavy atom. The van der Waals surface area contributed by atoms with E-state index >= 15 is 0 Å². The average molecular weight is 403 g/mol. The lowest BCUT2D eigenvalue weighted by atomic mass is 10.1. The van der Waals surface area contributed by atoms with Crippen LogP contribution in [0.3, 0.4) is 0 Å². The molecule has 0 spiro atoms. The first-order chi connectivity index (χ1) is 12.9. The summed E-state index contributed by atoms with van der Waals surface area (Å²) < 4.78 is 24.1. The number of nitro groups is 1. The molecule has 0 N–H and O–H groups in total. The van der Waals surface area contributed by atoms with Gasteiger partial charge in [0.15, 0.2) is 15.0 Å². The van der Waals surface area contributed by atoms with E-state index in [0.29, 0.717) is 5.75 Å². The molecule has 2 heterocycles. The molecule has 4 rings (SSSR count). The first kappa shape index (κ1) is 18.0. The zero-order valence-electron chi connectivity index (χ0n) is 14.3. The molecule has 0 bridgehead atoms. The number of nitrogens with zero attached hydrogens (tertiary/aromatic N) is 3. The fraction of sp³-hybridized carbons (Fsp3) is 0.278. The van der Waals surface area contributed by atoms with Crippen molar-refractivity contribution in [3.05, 3.63) is 70.3 Å². The number of anilines is 1. The van der Waals surface area contributed by atoms with Gasteiger partial charge < -0.3 is 4.90 Å². The van der Waals surface area contributed by atoms with Gasteiger partial charge >= 0.3 is 0 Å². The van der Waals surface area contributed by atoms with E-state index in [9.17, 15) is 18.5 Å². The molecule has 2 aromatic rings. The molecule has 2 aliphatic heterocycles. The Labute approximate surface area is 161 Å². The third-order valence-electron chi connectivity index (χ3n) is 4.66. The third-order valence-corrected chi connectivity index (χ3v) is 7.39. The van der Waals surface area contributed by atoms with Gasteiger partial charge in [-0.05, 0) is 17.7 Å². The fourth-order valence-electron chi connectivity index (χ4n) is 3.39. The Balaban J connectivity index is 1.55. The number of fused-ring (bicyclic) bond motifs is 1. The number of benzene rings is 2. The number of rotatable bonds is 4. The van der Waals surface area contributed by atoms with E-state index < -0.39 is 14.8 Å². The number of aliphatic imine (C=N–C) groups is 1. The number of para-hydroxylation sites is 1. The zero-order valence-corrected chi connectivity index (χ0v) is 15.9. The molecule has 9 heteroatoms. The predicted molar refractivity (Wildman–Crippen MR) is 107 cm³/mol. The number of amidine groups is 1. The summed E-state index contributed by atoms with van der Waals surface area (Å²) in [5, 5.41) is 11.6. The van der Waals surface area contributed by atoms with Crippen molar-refractivity contribution in [2.75, 3.05) is 16.4 Å². The van der Waals surface area contributed by atoms with Crippen LogP contribution in [0.25, 0.3) is 0 Å². The Hall–Kier alpha value is -2.39. The molecule has 0 unspecified atom stereocenters. The summed E-state index contributed by atoms with van der Waals surface area (Å²) in [4.78, 5) is 17.1. The molecule has 0 saturated carbocycles. The van der Waals surface area contributed by atoms with Gasteiger partial charge in [0.05, 0.1) is 28.5 Å². The Kier molecular flexibility index (Phi) is 4.65. The molecule has 140 valence electrons. The summed E-state index contributed by atoms with van der Waals surface area (Å²) in [6.45, 7) is 0. The topological polar surface area (TPSA) is 92.9 Å². The van der Waals surface area contributed by atoms with Gasteiger partial charge in [-0.15, -0.1) is 0 Å². The predicted octanol–water partition coefficient (Wildman–Crippen LogP) is 2.87. The number of nitro benzene ring substituents is 1. The summed E-state index contributed by atoms with van der Waals surface area (Å²) in [6, 6.07) is 15.7. The highest BCUT2D eigenvalue weighted by Crippen LogP contribution is 2.35. The van der Waals surface area contributed by atoms with Crippen molar-refractivity contribution >= 4 is 38.1 Å². The van der Waals surface area contributed by atoms with Crippen molar-refractivity contribution in [1.82, 2.24) is 0 Å². The van der Waals surface area contributed by atoms with Crippen molar-refractivity contribution < 1.29 is 13.3 Å². The van der Waals surface area contributed by atoms with E-state index in [-0.39, 0.29) is 29.3 Å². The average Bonchev–Trinajstić information content (AvgIpc) is 3.12. The minimum Gasteiger partial charge on any atom is -0.315 e. The Morgan fingerprint density at radius 2 is 1.81 bits per heavy atom. The minimum absolute atomic E-state index is 0.0626. The van der Waals surface area contributed by atoms with Crippen molar-refractivity contribution in [3.63, 3.8) is 0 Å². The van der Waals surface area contributed by atoms with Gasteiger partial charge in [0, 0.05) is 23.6 Å². The number of thioether (sulfide) groups is 1. The van der Waals surface area contributed by atoms with E-state index in [0.717, 1.165) is 16.4 Å². The maximum atomic E-state index is 12.0. The van der Waals surface area contributed by atoms with Gasteiger partial charge in [0.1, 0.15) is 0 Å². The number of hydrogen-bond acceptors (Lipinski definition) is 7. The molecule has 0 amide bonds. The van der Waals surface area contributed by atoms with Gasteiger partial charge in [-0.25, -0.2) is 8.42 Å². The lowest BCUT2D eigenvalue weighted by Crippen LogP contribution is -2.39. The fourth-order valence-corrected chi connectivity index (χ4v) is 6.31. The molecule has 1 saturated heterocycles. The van der Waals surface area contributed by atoms with Gasteiger partial charge in [-0.1, -0.05) is 42.1 Å². The third kappa shape index (κ3) is 3.70. The number of hydrogen-bond donors (Lipinski definition) is 0. The molecule has 0 radical (unpaired) electrons. The Bertz CT molecular complexity index is 991. The highest BCUT2D eigenvalue weighted by atomic mass is 32.2. The van der Waals surface area contributed by atoms with Gasteiger partial charge in [-0.3, -0.25) is 15.1 Å². The molecule has 1 fully saturated rings. The number of non-ortho nitro benzene ring substituents is 1. The van der Waals surface area contributed by atoms with Gasteiger partial charge in [-0.2, -0.15) is 0 Å². The molecule has 7 nitrogen and oxygen atoms in total. The van der Waals surface area contributed by atoms with Crippen LogP contribution >= 0.6 is 11.8 Å². The lowest BCUT2D eigenvalue weighted by Gasteiger charge is -2.26. The van der Waals surface area contributed by atoms with Crippen molar-refractivity contribution in [2.24, 2.45) is 4.99 Å². The summed E-state index contributed by atoms with van der Waals surface area (Å²) in [5.74, 6) is 0.798. The van der Waals surface area contributed by atoms with Crippen molar-refractivity contribution in [1.29, 1.82) is 0 Å². The van der Waals surface area contributed by atoms with E-state index in [1.165, 1.54) is 23.9 Å². The van der Waals surface area contributed by atoms with Crippen molar-refractivity contribution in [3.8, 4) is 0 Å². The summed E-state index contributed by atoms with van der Waals surface area (Å²) in [5.41, 5.74) is 1.94. The second-order valence-corrected chi connectivity index (χ2v) is 9.64. The molecule has 2 aliphatic rings. The smallest absolute Gasteiger partial charge is 0.269 e. The lowest BCUT2D eigenvalue weighted by molar-refractivity contribution is -0.384. The second kappa shape index (κ2) is 6.97. The van der Waals surface area contributed by atoms with Gasteiger partial charge in [0.2, 0.25) is 0 Å². The van der Waals surface area contributed by atoms with E-state index in [4.69, 9.17) is 0 Å². The molecule has 2 atom stereocenters. The minimum atomic E-state index is -3.07. The Morgan fingerprint density at radius 3 is 2.48 bits per heavy atom. The van der Waals surface area contributed by atoms with Crippen LogP contribution in [0.4, 0.5) is 11.4 Å². The van der Waals surface area contributed by atoms with Crippen LogP contribution in [0.5, 0.6) is 0 Å². The van der Waals surface area contributed by atoms with E-state index in [2.05, 4.69) is 4.99 Å². The first-order valence-corrected chi connectivity index (χ1v) is 11.2. The molecule has 2 aromatic carbocycles. The molecule has 0 aliphatic carbocycles. The SMILES string of the molecule is O=[N+]([O-])c1ccc(CSC2=N[C@H]3CS(=O)(=O)C[C@@H]3N2c2ccccc2)cc1. The summed E-state index contributed by atoms with van der Waals surface area (Å²) in [7, 11) is -3.07. The first-order valence-electron chi connectivity index (χ1n) is 8.41. The van der Waals surface area contributed by atoms with Crippen LogP contribution in [0.15, 0.2) is 59.6 Å². The quantitative estimate of drug-likeness (QED) is 0.576. The molecular weight excluding hydrogens is 386 g/mol. The maximum absolute atomic E-state index is 12.0. The van der Waals surface area contributed by atoms with Crippen LogP contribution in [0.2, 0.25) is 0 Å². The van der Waals surface area contributed by atoms with E-state index in [1.54, 1.807) is 12.1 Å². The molecular formula is C18H17N3O4S2. The summed E-state index contributed by atoms with van der Waals surface area (Å²) in [6.07, 6.45) is 0. The normalized spacial score (nSPS) is 23.1. The summed E-state index contributed by atoms with van der Waals surface area (Å²) >= 11 is 1.52. The maximum Gasteiger partial charge on any atom is 0.269 e. The zero-order chi connectivity index (χ0) is 19.0. The van der Waals surface area contributed by atoms with Crippen LogP contribution < -0.4 is 4.90 Å².